The van der Waals surface area contributed by atoms with Gasteiger partial charge in [0.05, 0.1) is 51.2 Å². The molecule has 0 spiro atoms. The molecule has 306 valence electrons. The summed E-state index contributed by atoms with van der Waals surface area (Å²) in [5, 5.41) is 0. The molecule has 5 aromatic rings. The molecule has 7 rings (SSSR count). The van der Waals surface area contributed by atoms with Gasteiger partial charge in [0.2, 0.25) is 0 Å². The van der Waals surface area contributed by atoms with Crippen molar-refractivity contribution in [2.45, 2.75) is 53.4 Å². The Morgan fingerprint density at radius 3 is 1.79 bits per heavy atom. The molecule has 0 amide bonds. The second kappa shape index (κ2) is 18.9. The predicted octanol–water partition coefficient (Wildman–Crippen LogP) is 9.90. The van der Waals surface area contributed by atoms with Crippen LogP contribution in [0.25, 0.3) is 56.0 Å². The molecule has 2 aliphatic heterocycles. The summed E-state index contributed by atoms with van der Waals surface area (Å²) in [6.45, 7) is 12.7. The molecule has 0 saturated heterocycles. The Balaban J connectivity index is 0.00000622. The fourth-order valence-corrected chi connectivity index (χ4v) is 7.69. The minimum absolute atomic E-state index is 0. The second-order valence-electron chi connectivity index (χ2n) is 14.8. The summed E-state index contributed by atoms with van der Waals surface area (Å²) in [5.41, 5.74) is 15.9. The van der Waals surface area contributed by atoms with Gasteiger partial charge in [0, 0.05) is 18.4 Å². The van der Waals surface area contributed by atoms with E-state index in [4.69, 9.17) is 38.9 Å². The van der Waals surface area contributed by atoms with Gasteiger partial charge in [-0.1, -0.05) is 84.0 Å². The van der Waals surface area contributed by atoms with E-state index in [1.54, 1.807) is 14.2 Å². The quantitative estimate of drug-likeness (QED) is 0.0884. The zero-order chi connectivity index (χ0) is 42.7. The molecule has 0 radical (unpaired) electrons. The van der Waals surface area contributed by atoms with Crippen molar-refractivity contribution in [1.29, 1.82) is 0 Å². The van der Waals surface area contributed by atoms with Crippen molar-refractivity contribution in [1.82, 2.24) is 19.9 Å². The molecule has 3 aromatic heterocycles. The number of hydrogen-bond donors (Lipinski definition) is 0. The number of esters is 2. The summed E-state index contributed by atoms with van der Waals surface area (Å²) in [6, 6.07) is 23.7. The number of methoxy groups -OCH3 is 4. The number of aryl methyl sites for hydroxylation is 3. The number of rotatable bonds is 12. The monoisotopic (exact) mass is 864 g/mol. The zero-order valence-electron chi connectivity index (χ0n) is 36.1. The average Bonchev–Trinajstić information content (AvgIpc) is 3.93. The van der Waals surface area contributed by atoms with Crippen LogP contribution < -0.4 is 19.4 Å². The Bertz CT molecular complexity index is 2790. The van der Waals surface area contributed by atoms with Gasteiger partial charge in [-0.25, -0.2) is 9.97 Å². The molecule has 5 heterocycles. The molecular weight excluding hydrogens is 818 g/mol. The number of fused-ring (bicyclic) bond motifs is 8. The molecule has 0 saturated carbocycles. The van der Waals surface area contributed by atoms with Gasteiger partial charge in [0.15, 0.2) is 0 Å². The molecule has 0 atom stereocenters. The number of ether oxygens (including phenoxy) is 4. The van der Waals surface area contributed by atoms with Crippen LogP contribution >= 0.6 is 0 Å². The van der Waals surface area contributed by atoms with E-state index in [-0.39, 0.29) is 44.3 Å². The minimum atomic E-state index is -0.313. The summed E-state index contributed by atoms with van der Waals surface area (Å²) in [4.78, 5) is 45.8. The third-order valence-corrected chi connectivity index (χ3v) is 11.3. The number of allylic oxidation sites excluding steroid dienone is 5. The summed E-state index contributed by atoms with van der Waals surface area (Å²) in [5.74, 6) is 0.908. The van der Waals surface area contributed by atoms with Gasteiger partial charge in [-0.3, -0.25) is 9.59 Å². The molecule has 10 nitrogen and oxygen atoms in total. The third kappa shape index (κ3) is 9.22. The van der Waals surface area contributed by atoms with Crippen LogP contribution in [0, 0.1) is 13.8 Å². The Morgan fingerprint density at radius 1 is 0.623 bits per heavy atom. The molecule has 0 N–H and O–H groups in total. The van der Waals surface area contributed by atoms with E-state index in [9.17, 15) is 9.59 Å². The van der Waals surface area contributed by atoms with E-state index in [0.29, 0.717) is 24.1 Å². The maximum atomic E-state index is 12.4. The zero-order valence-corrected chi connectivity index (χ0v) is 39.0. The van der Waals surface area contributed by atoms with Crippen LogP contribution in [0.2, 0.25) is 0 Å². The molecule has 2 aromatic carbocycles. The van der Waals surface area contributed by atoms with Gasteiger partial charge >= 0.3 is 31.4 Å². The SMILES string of the molecule is C=C(c1ccc(OC)cc1)c1c(C)c2cc3nc(cc4[n-]c(cc5nc(cc1[n-]2)C(C)=C5/C=C/c1ccc(OC)cc1)c(C)c4CCC(=O)OC)C(CCC(=O)OC)=C3C.[Zn+2]. The fourth-order valence-electron chi connectivity index (χ4n) is 7.69. The van der Waals surface area contributed by atoms with E-state index < -0.39 is 0 Å². The van der Waals surface area contributed by atoms with Gasteiger partial charge in [0.25, 0.3) is 0 Å². The van der Waals surface area contributed by atoms with Crippen molar-refractivity contribution in [2.75, 3.05) is 28.4 Å². The summed E-state index contributed by atoms with van der Waals surface area (Å²) in [7, 11) is 6.08. The van der Waals surface area contributed by atoms with Crippen molar-refractivity contribution in [3.05, 3.63) is 142 Å². The molecule has 11 heteroatoms. The van der Waals surface area contributed by atoms with E-state index in [0.717, 1.165) is 106 Å². The molecule has 0 fully saturated rings. The first kappa shape index (κ1) is 44.2. The first-order valence-corrected chi connectivity index (χ1v) is 19.8. The number of hydrogen-bond acceptors (Lipinski definition) is 8. The number of carbonyl (C=O) groups is 2. The number of benzene rings is 2. The second-order valence-corrected chi connectivity index (χ2v) is 14.8. The largest absolute Gasteiger partial charge is 2.00 e. The van der Waals surface area contributed by atoms with Gasteiger partial charge in [-0.05, 0) is 104 Å². The molecule has 2 aliphatic rings. The van der Waals surface area contributed by atoms with Crippen molar-refractivity contribution in [3.8, 4) is 11.5 Å². The van der Waals surface area contributed by atoms with Gasteiger partial charge < -0.3 is 28.9 Å². The predicted molar refractivity (Wildman–Crippen MR) is 238 cm³/mol. The molecule has 0 unspecified atom stereocenters. The Hall–Kier alpha value is -6.32. The van der Waals surface area contributed by atoms with Crippen LogP contribution in [0.4, 0.5) is 0 Å². The summed E-state index contributed by atoms with van der Waals surface area (Å²) in [6.07, 6.45) is 5.33. The average molecular weight is 866 g/mol. The van der Waals surface area contributed by atoms with E-state index >= 15 is 0 Å². The Labute approximate surface area is 369 Å². The number of nitrogens with zero attached hydrogens (tertiary/aromatic N) is 4. The first-order valence-electron chi connectivity index (χ1n) is 19.8. The van der Waals surface area contributed by atoms with E-state index in [1.807, 2.05) is 86.6 Å². The maximum Gasteiger partial charge on any atom is 2.00 e. The number of aromatic nitrogens is 4. The fraction of sp³-hybridized carbons (Fsp3) is 0.240. The third-order valence-electron chi connectivity index (χ3n) is 11.3. The maximum absolute atomic E-state index is 12.4. The van der Waals surface area contributed by atoms with Crippen LogP contribution in [-0.2, 0) is 45.0 Å². The first-order chi connectivity index (χ1) is 28.9. The topological polar surface area (TPSA) is 125 Å². The van der Waals surface area contributed by atoms with Gasteiger partial charge in [-0.15, -0.1) is 22.1 Å². The van der Waals surface area contributed by atoms with Gasteiger partial charge in [-0.2, -0.15) is 0 Å². The van der Waals surface area contributed by atoms with Gasteiger partial charge in [0.1, 0.15) is 11.5 Å². The minimum Gasteiger partial charge on any atom is -0.657 e. The van der Waals surface area contributed by atoms with Crippen LogP contribution in [-0.4, -0.2) is 50.3 Å². The van der Waals surface area contributed by atoms with Crippen LogP contribution in [0.5, 0.6) is 11.5 Å². The van der Waals surface area contributed by atoms with Crippen molar-refractivity contribution >= 4 is 67.9 Å². The normalized spacial score (nSPS) is 12.4. The smallest absolute Gasteiger partial charge is 0.657 e. The summed E-state index contributed by atoms with van der Waals surface area (Å²) < 4.78 is 20.9. The number of carbonyl (C=O) groups excluding carboxylic acids is 2. The molecular formula is C50H48N4O6Zn. The molecule has 0 aliphatic carbocycles. The van der Waals surface area contributed by atoms with Crippen molar-refractivity contribution in [2.24, 2.45) is 0 Å². The Kier molecular flexibility index (Phi) is 13.7. The van der Waals surface area contributed by atoms with E-state index in [1.165, 1.54) is 14.2 Å². The molecule has 8 bridgehead atoms. The molecule has 61 heavy (non-hydrogen) atoms. The van der Waals surface area contributed by atoms with Crippen LogP contribution in [0.3, 0.4) is 0 Å². The van der Waals surface area contributed by atoms with Crippen LogP contribution in [0.1, 0.15) is 89.3 Å². The van der Waals surface area contributed by atoms with E-state index in [2.05, 4.69) is 32.6 Å². The van der Waals surface area contributed by atoms with Crippen molar-refractivity contribution in [3.63, 3.8) is 0 Å². The summed E-state index contributed by atoms with van der Waals surface area (Å²) >= 11 is 0. The van der Waals surface area contributed by atoms with Crippen molar-refractivity contribution < 1.29 is 48.0 Å². The van der Waals surface area contributed by atoms with Crippen LogP contribution in [0.15, 0.2) is 85.5 Å². The Morgan fingerprint density at radius 2 is 1.15 bits per heavy atom. The standard InChI is InChI=1S/C50H48N4O6.Zn/c1-28(34-13-17-36(58-7)18-14-34)50-32(5)43-24-40-30(3)38(20-22-48(55)59-8)45(51-40)27-46-39(21-23-49(56)60-9)31(4)41(52-46)25-44-37(29(2)42(53-44)26-47(50)54-43)19-12-33-10-15-35(57-6)16-11-33;/h10-19,24-27H,1,20-23H2,2-9H3;/q-2;+2/b19-12+,40-24?,41-25?,42-26?,43-24?,44-25?,45-27?,46-27?,47-26?;.